The maximum Gasteiger partial charge on any atom is 0.0511 e. The van der Waals surface area contributed by atoms with Gasteiger partial charge in [-0.15, -0.1) is 0 Å². The smallest absolute Gasteiger partial charge is 0.0511 e. The Labute approximate surface area is 59.0 Å². The lowest BCUT2D eigenvalue weighted by Crippen LogP contribution is -2.18. The van der Waals surface area contributed by atoms with Crippen LogP contribution in [0.5, 0.6) is 0 Å². The molecule has 1 aliphatic heterocycles. The molecule has 0 unspecified atom stereocenters. The summed E-state index contributed by atoms with van der Waals surface area (Å²) in [5.74, 6) is 0. The fourth-order valence-electron chi connectivity index (χ4n) is 1.17. The Morgan fingerprint density at radius 2 is 2.56 bits per heavy atom. The Balaban J connectivity index is 2.32. The van der Waals surface area contributed by atoms with E-state index < -0.39 is 0 Å². The lowest BCUT2D eigenvalue weighted by Gasteiger charge is -2.19. The van der Waals surface area contributed by atoms with Gasteiger partial charge in [0.25, 0.3) is 0 Å². The summed E-state index contributed by atoms with van der Waals surface area (Å²) in [5.41, 5.74) is 0. The zero-order valence-corrected chi connectivity index (χ0v) is 8.14. The van der Waals surface area contributed by atoms with Gasteiger partial charge in [-0.1, -0.05) is 0 Å². The molecule has 1 rings (SSSR count). The summed E-state index contributed by atoms with van der Waals surface area (Å²) in [6, 6.07) is 0. The molecule has 1 aliphatic rings. The predicted molar refractivity (Wildman–Crippen MR) is 39.9 cm³/mol. The Morgan fingerprint density at radius 3 is 3.00 bits per heavy atom. The highest BCUT2D eigenvalue weighted by Gasteiger charge is 2.29. The molecule has 1 heterocycles. The lowest BCUT2D eigenvalue weighted by molar-refractivity contribution is 0.136. The number of rotatable bonds is 2. The van der Waals surface area contributed by atoms with Crippen LogP contribution >= 0.6 is 0 Å². The molecule has 1 fully saturated rings. The van der Waals surface area contributed by atoms with Crippen molar-refractivity contribution in [3.05, 3.63) is 0 Å². The zero-order chi connectivity index (χ0) is 6.74. The van der Waals surface area contributed by atoms with E-state index in [1.165, 1.54) is 16.7 Å². The number of hydrogen-bond donors (Lipinski definition) is 0. The molecule has 1 atom stereocenters. The van der Waals surface area contributed by atoms with Gasteiger partial charge in [0.2, 0.25) is 0 Å². The highest BCUT2D eigenvalue weighted by molar-refractivity contribution is 6.15. The van der Waals surface area contributed by atoms with Crippen molar-refractivity contribution in [1.29, 1.82) is 0 Å². The maximum absolute atomic E-state index is 5.27. The van der Waals surface area contributed by atoms with E-state index in [0.717, 1.165) is 19.8 Å². The minimum absolute atomic E-state index is 0.439. The second-order valence-electron chi connectivity index (χ2n) is 3.05. The molecular formula is C6H14O2Si. The molecule has 0 radical (unpaired) electrons. The second kappa shape index (κ2) is 2.81. The SMILES string of the molecule is COC[C@]1([SiH3])CCOC1. The minimum atomic E-state index is 0.439. The molecule has 0 bridgehead atoms. The van der Waals surface area contributed by atoms with E-state index in [1.807, 2.05) is 0 Å². The predicted octanol–water partition coefficient (Wildman–Crippen LogP) is -0.423. The van der Waals surface area contributed by atoms with Gasteiger partial charge in [0, 0.05) is 29.0 Å². The second-order valence-corrected chi connectivity index (χ2v) is 5.17. The molecule has 54 valence electrons. The van der Waals surface area contributed by atoms with Gasteiger partial charge in [0.15, 0.2) is 0 Å². The van der Waals surface area contributed by atoms with Crippen LogP contribution in [0.25, 0.3) is 0 Å². The zero-order valence-electron chi connectivity index (χ0n) is 6.14. The third-order valence-electron chi connectivity index (χ3n) is 1.79. The van der Waals surface area contributed by atoms with Gasteiger partial charge >= 0.3 is 0 Å². The molecule has 0 N–H and O–H groups in total. The lowest BCUT2D eigenvalue weighted by atomic mass is 10.1. The van der Waals surface area contributed by atoms with Crippen LogP contribution in [0.1, 0.15) is 6.42 Å². The van der Waals surface area contributed by atoms with Crippen LogP contribution in [0.3, 0.4) is 0 Å². The summed E-state index contributed by atoms with van der Waals surface area (Å²) >= 11 is 0. The van der Waals surface area contributed by atoms with Gasteiger partial charge in [-0.3, -0.25) is 0 Å². The van der Waals surface area contributed by atoms with Gasteiger partial charge in [-0.2, -0.15) is 0 Å². The van der Waals surface area contributed by atoms with Crippen LogP contribution in [-0.2, 0) is 9.47 Å². The highest BCUT2D eigenvalue weighted by atomic mass is 28.1. The summed E-state index contributed by atoms with van der Waals surface area (Å²) in [6.45, 7) is 2.75. The van der Waals surface area contributed by atoms with Crippen LogP contribution in [0.15, 0.2) is 0 Å². The first kappa shape index (κ1) is 7.25. The highest BCUT2D eigenvalue weighted by Crippen LogP contribution is 2.31. The topological polar surface area (TPSA) is 18.5 Å². The van der Waals surface area contributed by atoms with Crippen molar-refractivity contribution in [3.8, 4) is 0 Å². The van der Waals surface area contributed by atoms with E-state index in [-0.39, 0.29) is 0 Å². The van der Waals surface area contributed by atoms with E-state index in [2.05, 4.69) is 0 Å². The van der Waals surface area contributed by atoms with Gasteiger partial charge in [-0.25, -0.2) is 0 Å². The van der Waals surface area contributed by atoms with Gasteiger partial charge in [0.05, 0.1) is 13.2 Å². The van der Waals surface area contributed by atoms with Crippen LogP contribution < -0.4 is 0 Å². The molecule has 0 spiro atoms. The summed E-state index contributed by atoms with van der Waals surface area (Å²) in [4.78, 5) is 0. The van der Waals surface area contributed by atoms with E-state index in [9.17, 15) is 0 Å². The quantitative estimate of drug-likeness (QED) is 0.493. The Bertz CT molecular complexity index is 89.1. The van der Waals surface area contributed by atoms with Crippen molar-refractivity contribution in [1.82, 2.24) is 0 Å². The Kier molecular flexibility index (Phi) is 2.27. The van der Waals surface area contributed by atoms with E-state index in [1.54, 1.807) is 7.11 Å². The number of methoxy groups -OCH3 is 1. The molecule has 0 amide bonds. The van der Waals surface area contributed by atoms with Crippen LogP contribution in [0.2, 0.25) is 5.04 Å². The largest absolute Gasteiger partial charge is 0.384 e. The van der Waals surface area contributed by atoms with E-state index in [0.29, 0.717) is 5.04 Å². The molecule has 0 aromatic heterocycles. The first-order valence-electron chi connectivity index (χ1n) is 3.33. The number of ether oxygens (including phenoxy) is 2. The van der Waals surface area contributed by atoms with Crippen molar-refractivity contribution in [2.24, 2.45) is 0 Å². The van der Waals surface area contributed by atoms with Crippen molar-refractivity contribution in [3.63, 3.8) is 0 Å². The average Bonchev–Trinajstić information content (AvgIpc) is 2.16. The summed E-state index contributed by atoms with van der Waals surface area (Å²) in [5, 5.41) is 0.439. The molecule has 2 nitrogen and oxygen atoms in total. The monoisotopic (exact) mass is 146 g/mol. The normalized spacial score (nSPS) is 35.7. The third-order valence-corrected chi connectivity index (χ3v) is 2.87. The fourth-order valence-corrected chi connectivity index (χ4v) is 1.87. The van der Waals surface area contributed by atoms with E-state index in [4.69, 9.17) is 9.47 Å². The molecule has 3 heteroatoms. The Morgan fingerprint density at radius 1 is 1.78 bits per heavy atom. The van der Waals surface area contributed by atoms with Crippen molar-refractivity contribution in [2.75, 3.05) is 26.9 Å². The van der Waals surface area contributed by atoms with Gasteiger partial charge in [0.1, 0.15) is 0 Å². The first-order chi connectivity index (χ1) is 4.27. The Hall–Kier alpha value is 0.137. The van der Waals surface area contributed by atoms with Crippen molar-refractivity contribution < 1.29 is 9.47 Å². The number of hydrogen-bond acceptors (Lipinski definition) is 2. The molecule has 1 saturated heterocycles. The minimum Gasteiger partial charge on any atom is -0.384 e. The van der Waals surface area contributed by atoms with Gasteiger partial charge < -0.3 is 9.47 Å². The van der Waals surface area contributed by atoms with Gasteiger partial charge in [-0.05, 0) is 6.42 Å². The maximum atomic E-state index is 5.27. The molecule has 0 aromatic rings. The standard InChI is InChI=1S/C6H14O2Si/c1-7-4-6(9)2-3-8-5-6/h2-5H2,1,9H3/t6-/m1/s1. The molecule has 0 saturated carbocycles. The molecule has 0 aromatic carbocycles. The van der Waals surface area contributed by atoms with Crippen LogP contribution in [-0.4, -0.2) is 37.2 Å². The third kappa shape index (κ3) is 1.78. The average molecular weight is 146 g/mol. The van der Waals surface area contributed by atoms with Crippen LogP contribution in [0.4, 0.5) is 0 Å². The molecular weight excluding hydrogens is 132 g/mol. The summed E-state index contributed by atoms with van der Waals surface area (Å²) < 4.78 is 10.4. The van der Waals surface area contributed by atoms with Crippen LogP contribution in [0, 0.1) is 0 Å². The fraction of sp³-hybridized carbons (Fsp3) is 1.00. The first-order valence-corrected chi connectivity index (χ1v) is 4.33. The molecule has 9 heavy (non-hydrogen) atoms. The van der Waals surface area contributed by atoms with Crippen molar-refractivity contribution >= 4 is 10.2 Å². The van der Waals surface area contributed by atoms with Crippen molar-refractivity contribution in [2.45, 2.75) is 11.5 Å². The summed E-state index contributed by atoms with van der Waals surface area (Å²) in [6.07, 6.45) is 1.20. The summed E-state index contributed by atoms with van der Waals surface area (Å²) in [7, 11) is 2.95. The molecule has 0 aliphatic carbocycles. The van der Waals surface area contributed by atoms with E-state index >= 15 is 0 Å².